The van der Waals surface area contributed by atoms with Crippen molar-refractivity contribution in [3.05, 3.63) is 29.3 Å². The SMILES string of the molecule is Cc1ccc(C)c(N2CC3CNCCN3CC2=O)c1. The average molecular weight is 259 g/mol. The van der Waals surface area contributed by atoms with Crippen molar-refractivity contribution in [3.63, 3.8) is 0 Å². The van der Waals surface area contributed by atoms with Crippen molar-refractivity contribution in [3.8, 4) is 0 Å². The van der Waals surface area contributed by atoms with Crippen LogP contribution in [0.3, 0.4) is 0 Å². The third-order valence-corrected chi connectivity index (χ3v) is 4.16. The molecule has 1 aromatic rings. The zero-order chi connectivity index (χ0) is 13.4. The van der Waals surface area contributed by atoms with Crippen LogP contribution in [-0.2, 0) is 4.79 Å². The molecule has 102 valence electrons. The third-order valence-electron chi connectivity index (χ3n) is 4.16. The molecule has 1 atom stereocenters. The molecule has 0 aromatic heterocycles. The van der Waals surface area contributed by atoms with E-state index in [1.165, 1.54) is 11.1 Å². The Morgan fingerprint density at radius 2 is 2.16 bits per heavy atom. The Morgan fingerprint density at radius 3 is 3.00 bits per heavy atom. The van der Waals surface area contributed by atoms with Gasteiger partial charge < -0.3 is 10.2 Å². The van der Waals surface area contributed by atoms with Gasteiger partial charge in [-0.1, -0.05) is 12.1 Å². The van der Waals surface area contributed by atoms with Crippen LogP contribution in [0.2, 0.25) is 0 Å². The zero-order valence-electron chi connectivity index (χ0n) is 11.6. The van der Waals surface area contributed by atoms with E-state index in [4.69, 9.17) is 0 Å². The highest BCUT2D eigenvalue weighted by Crippen LogP contribution is 2.25. The van der Waals surface area contributed by atoms with Crippen molar-refractivity contribution in [1.29, 1.82) is 0 Å². The second-order valence-corrected chi connectivity index (χ2v) is 5.62. The van der Waals surface area contributed by atoms with Crippen molar-refractivity contribution >= 4 is 11.6 Å². The number of carbonyl (C=O) groups is 1. The van der Waals surface area contributed by atoms with Gasteiger partial charge in [-0.05, 0) is 31.0 Å². The molecule has 1 unspecified atom stereocenters. The fourth-order valence-corrected chi connectivity index (χ4v) is 3.01. The Balaban J connectivity index is 1.88. The number of amides is 1. The summed E-state index contributed by atoms with van der Waals surface area (Å²) < 4.78 is 0. The minimum absolute atomic E-state index is 0.229. The lowest BCUT2D eigenvalue weighted by atomic mass is 10.1. The lowest BCUT2D eigenvalue weighted by Gasteiger charge is -2.44. The molecule has 1 amide bonds. The Bertz CT molecular complexity index is 500. The second kappa shape index (κ2) is 4.94. The van der Waals surface area contributed by atoms with Gasteiger partial charge in [0.05, 0.1) is 6.54 Å². The largest absolute Gasteiger partial charge is 0.314 e. The minimum atomic E-state index is 0.229. The van der Waals surface area contributed by atoms with Gasteiger partial charge in [0.25, 0.3) is 0 Å². The number of fused-ring (bicyclic) bond motifs is 1. The van der Waals surface area contributed by atoms with E-state index >= 15 is 0 Å². The molecule has 0 bridgehead atoms. The van der Waals surface area contributed by atoms with Crippen molar-refractivity contribution in [2.45, 2.75) is 19.9 Å². The molecule has 0 aliphatic carbocycles. The second-order valence-electron chi connectivity index (χ2n) is 5.62. The van der Waals surface area contributed by atoms with Crippen molar-refractivity contribution in [1.82, 2.24) is 10.2 Å². The summed E-state index contributed by atoms with van der Waals surface area (Å²) in [6.45, 7) is 8.47. The summed E-state index contributed by atoms with van der Waals surface area (Å²) in [4.78, 5) is 16.7. The number of anilines is 1. The Kier molecular flexibility index (Phi) is 3.29. The summed E-state index contributed by atoms with van der Waals surface area (Å²) >= 11 is 0. The number of hydrogen-bond donors (Lipinski definition) is 1. The predicted octanol–water partition coefficient (Wildman–Crippen LogP) is 0.924. The van der Waals surface area contributed by atoms with Crippen molar-refractivity contribution in [2.24, 2.45) is 0 Å². The summed E-state index contributed by atoms with van der Waals surface area (Å²) in [5.74, 6) is 0.229. The maximum atomic E-state index is 12.4. The van der Waals surface area contributed by atoms with E-state index in [1.807, 2.05) is 4.90 Å². The molecule has 2 fully saturated rings. The lowest BCUT2D eigenvalue weighted by Crippen LogP contribution is -2.63. The van der Waals surface area contributed by atoms with Gasteiger partial charge in [0.15, 0.2) is 0 Å². The highest BCUT2D eigenvalue weighted by molar-refractivity contribution is 5.96. The Hall–Kier alpha value is -1.39. The highest BCUT2D eigenvalue weighted by Gasteiger charge is 2.34. The van der Waals surface area contributed by atoms with E-state index in [-0.39, 0.29) is 5.91 Å². The van der Waals surface area contributed by atoms with Crippen LogP contribution < -0.4 is 10.2 Å². The molecule has 2 aliphatic rings. The van der Waals surface area contributed by atoms with E-state index < -0.39 is 0 Å². The van der Waals surface area contributed by atoms with E-state index in [1.54, 1.807) is 0 Å². The van der Waals surface area contributed by atoms with E-state index in [9.17, 15) is 4.79 Å². The van der Waals surface area contributed by atoms with Crippen LogP contribution in [0, 0.1) is 13.8 Å². The first kappa shape index (κ1) is 12.6. The first-order valence-electron chi connectivity index (χ1n) is 6.97. The number of nitrogens with one attached hydrogen (secondary N) is 1. The summed E-state index contributed by atoms with van der Waals surface area (Å²) in [5.41, 5.74) is 3.46. The van der Waals surface area contributed by atoms with Gasteiger partial charge in [-0.2, -0.15) is 0 Å². The molecule has 2 heterocycles. The molecule has 0 saturated carbocycles. The maximum absolute atomic E-state index is 12.4. The molecule has 0 radical (unpaired) electrons. The Labute approximate surface area is 114 Å². The standard InChI is InChI=1S/C15H21N3O/c1-11-3-4-12(2)14(7-11)18-9-13-8-16-5-6-17(13)10-15(18)19/h3-4,7,13,16H,5-6,8-10H2,1-2H3. The van der Waals surface area contributed by atoms with Crippen LogP contribution >= 0.6 is 0 Å². The van der Waals surface area contributed by atoms with Gasteiger partial charge in [-0.15, -0.1) is 0 Å². The van der Waals surface area contributed by atoms with Crippen LogP contribution in [0.4, 0.5) is 5.69 Å². The quantitative estimate of drug-likeness (QED) is 0.815. The molecule has 2 saturated heterocycles. The molecule has 4 nitrogen and oxygen atoms in total. The first-order chi connectivity index (χ1) is 9.15. The van der Waals surface area contributed by atoms with Crippen LogP contribution in [0.1, 0.15) is 11.1 Å². The summed E-state index contributed by atoms with van der Waals surface area (Å²) in [6.07, 6.45) is 0. The summed E-state index contributed by atoms with van der Waals surface area (Å²) in [6, 6.07) is 6.77. The van der Waals surface area contributed by atoms with Gasteiger partial charge >= 0.3 is 0 Å². The van der Waals surface area contributed by atoms with E-state index in [0.717, 1.165) is 31.9 Å². The highest BCUT2D eigenvalue weighted by atomic mass is 16.2. The molecular weight excluding hydrogens is 238 g/mol. The molecule has 0 spiro atoms. The number of piperazine rings is 2. The third kappa shape index (κ3) is 2.38. The van der Waals surface area contributed by atoms with Gasteiger partial charge in [-0.3, -0.25) is 9.69 Å². The molecule has 3 rings (SSSR count). The number of benzene rings is 1. The number of carbonyl (C=O) groups excluding carboxylic acids is 1. The normalized spacial score (nSPS) is 24.4. The molecule has 1 aromatic carbocycles. The van der Waals surface area contributed by atoms with E-state index in [0.29, 0.717) is 12.6 Å². The number of nitrogens with zero attached hydrogens (tertiary/aromatic N) is 2. The molecule has 19 heavy (non-hydrogen) atoms. The number of hydrogen-bond acceptors (Lipinski definition) is 3. The van der Waals surface area contributed by atoms with Gasteiger partial charge in [-0.25, -0.2) is 0 Å². The average Bonchev–Trinajstić information content (AvgIpc) is 2.41. The fourth-order valence-electron chi connectivity index (χ4n) is 3.01. The number of rotatable bonds is 1. The summed E-state index contributed by atoms with van der Waals surface area (Å²) in [5, 5.41) is 3.42. The van der Waals surface area contributed by atoms with E-state index in [2.05, 4.69) is 42.3 Å². The van der Waals surface area contributed by atoms with Crippen molar-refractivity contribution in [2.75, 3.05) is 37.6 Å². The van der Waals surface area contributed by atoms with Crippen LogP contribution in [-0.4, -0.2) is 49.6 Å². The molecule has 4 heteroatoms. The topological polar surface area (TPSA) is 35.6 Å². The number of aryl methyl sites for hydroxylation is 2. The minimum Gasteiger partial charge on any atom is -0.314 e. The van der Waals surface area contributed by atoms with Gasteiger partial charge in [0, 0.05) is 37.9 Å². The predicted molar refractivity (Wildman–Crippen MR) is 76.5 cm³/mol. The van der Waals surface area contributed by atoms with Gasteiger partial charge in [0.1, 0.15) is 0 Å². The lowest BCUT2D eigenvalue weighted by molar-refractivity contribution is -0.122. The van der Waals surface area contributed by atoms with Crippen molar-refractivity contribution < 1.29 is 4.79 Å². The smallest absolute Gasteiger partial charge is 0.241 e. The van der Waals surface area contributed by atoms with Crippen LogP contribution in [0.25, 0.3) is 0 Å². The first-order valence-corrected chi connectivity index (χ1v) is 6.97. The zero-order valence-corrected chi connectivity index (χ0v) is 11.6. The van der Waals surface area contributed by atoms with Crippen LogP contribution in [0.15, 0.2) is 18.2 Å². The monoisotopic (exact) mass is 259 g/mol. The fraction of sp³-hybridized carbons (Fsp3) is 0.533. The molecule has 2 aliphatic heterocycles. The summed E-state index contributed by atoms with van der Waals surface area (Å²) in [7, 11) is 0. The Morgan fingerprint density at radius 1 is 1.32 bits per heavy atom. The maximum Gasteiger partial charge on any atom is 0.241 e. The molecular formula is C15H21N3O. The molecule has 1 N–H and O–H groups in total. The van der Waals surface area contributed by atoms with Crippen LogP contribution in [0.5, 0.6) is 0 Å². The van der Waals surface area contributed by atoms with Gasteiger partial charge in [0.2, 0.25) is 5.91 Å².